The van der Waals surface area contributed by atoms with Gasteiger partial charge in [-0.05, 0) is 49.6 Å². The zero-order chi connectivity index (χ0) is 21.6. The molecule has 1 aliphatic rings. The molecule has 0 atom stereocenters. The van der Waals surface area contributed by atoms with Crippen molar-refractivity contribution in [3.8, 4) is 11.6 Å². The number of nitrogens with zero attached hydrogens (tertiary/aromatic N) is 4. The highest BCUT2D eigenvalue weighted by Crippen LogP contribution is 2.35. The van der Waals surface area contributed by atoms with Crippen LogP contribution in [-0.4, -0.2) is 37.9 Å². The fourth-order valence-electron chi connectivity index (χ4n) is 4.07. The van der Waals surface area contributed by atoms with Crippen molar-refractivity contribution in [2.24, 2.45) is 0 Å². The zero-order valence-corrected chi connectivity index (χ0v) is 18.5. The molecule has 0 saturated heterocycles. The highest BCUT2D eigenvalue weighted by atomic mass is 32.2. The lowest BCUT2D eigenvalue weighted by molar-refractivity contribution is -0.128. The molecule has 1 aromatic carbocycles. The van der Waals surface area contributed by atoms with E-state index in [4.69, 9.17) is 4.42 Å². The summed E-state index contributed by atoms with van der Waals surface area (Å²) < 4.78 is 21.2. The van der Waals surface area contributed by atoms with Crippen molar-refractivity contribution in [2.45, 2.75) is 56.8 Å². The molecule has 164 valence electrons. The quantitative estimate of drug-likeness (QED) is 0.442. The standard InChI is InChI=1S/C23H27FN4O2S/c1-2-27(15-17-8-6-9-18(24)14-17)21(29)16-31-23-26-25-22(20-12-7-13-30-20)28(23)19-10-4-3-5-11-19/h6-9,12-14,19H,2-5,10-11,15-16H2,1H3. The topological polar surface area (TPSA) is 64.2 Å². The summed E-state index contributed by atoms with van der Waals surface area (Å²) in [5.74, 6) is 1.37. The van der Waals surface area contributed by atoms with Gasteiger partial charge in [0.1, 0.15) is 5.82 Å². The molecule has 3 aromatic rings. The van der Waals surface area contributed by atoms with Gasteiger partial charge in [0.15, 0.2) is 10.9 Å². The molecular weight excluding hydrogens is 415 g/mol. The van der Waals surface area contributed by atoms with E-state index in [1.54, 1.807) is 17.2 Å². The number of halogens is 1. The van der Waals surface area contributed by atoms with Crippen molar-refractivity contribution in [3.63, 3.8) is 0 Å². The van der Waals surface area contributed by atoms with E-state index in [0.717, 1.165) is 29.4 Å². The largest absolute Gasteiger partial charge is 0.461 e. The molecular formula is C23H27FN4O2S. The van der Waals surface area contributed by atoms with Crippen LogP contribution in [0.3, 0.4) is 0 Å². The maximum Gasteiger partial charge on any atom is 0.233 e. The normalized spacial score (nSPS) is 14.6. The number of amides is 1. The molecule has 1 aliphatic carbocycles. The first-order valence-electron chi connectivity index (χ1n) is 10.8. The van der Waals surface area contributed by atoms with Crippen molar-refractivity contribution in [1.29, 1.82) is 0 Å². The number of carbonyl (C=O) groups excluding carboxylic acids is 1. The van der Waals surface area contributed by atoms with E-state index in [0.29, 0.717) is 24.9 Å². The van der Waals surface area contributed by atoms with Crippen LogP contribution >= 0.6 is 11.8 Å². The van der Waals surface area contributed by atoms with Crippen molar-refractivity contribution < 1.29 is 13.6 Å². The second-order valence-corrected chi connectivity index (χ2v) is 8.71. The Kier molecular flexibility index (Phi) is 7.06. The number of benzene rings is 1. The monoisotopic (exact) mass is 442 g/mol. The Hall–Kier alpha value is -2.61. The number of aromatic nitrogens is 3. The van der Waals surface area contributed by atoms with E-state index >= 15 is 0 Å². The van der Waals surface area contributed by atoms with Crippen LogP contribution in [0.4, 0.5) is 4.39 Å². The van der Waals surface area contributed by atoms with E-state index in [1.807, 2.05) is 25.1 Å². The van der Waals surface area contributed by atoms with Crippen LogP contribution < -0.4 is 0 Å². The third-order valence-corrected chi connectivity index (χ3v) is 6.60. The fourth-order valence-corrected chi connectivity index (χ4v) is 4.98. The summed E-state index contributed by atoms with van der Waals surface area (Å²) in [5, 5.41) is 9.53. The second kappa shape index (κ2) is 10.1. The van der Waals surface area contributed by atoms with Gasteiger partial charge in [0.2, 0.25) is 11.7 Å². The number of rotatable bonds is 8. The van der Waals surface area contributed by atoms with E-state index in [-0.39, 0.29) is 17.5 Å². The van der Waals surface area contributed by atoms with Gasteiger partial charge < -0.3 is 9.32 Å². The summed E-state index contributed by atoms with van der Waals surface area (Å²) in [6, 6.07) is 10.4. The molecule has 0 radical (unpaired) electrons. The Morgan fingerprint density at radius 2 is 2.06 bits per heavy atom. The van der Waals surface area contributed by atoms with Gasteiger partial charge in [-0.3, -0.25) is 9.36 Å². The number of furan rings is 1. The first-order chi connectivity index (χ1) is 15.2. The molecule has 0 unspecified atom stereocenters. The summed E-state index contributed by atoms with van der Waals surface area (Å²) in [6.07, 6.45) is 7.40. The van der Waals surface area contributed by atoms with Crippen LogP contribution in [0.1, 0.15) is 50.6 Å². The Balaban J connectivity index is 1.48. The predicted molar refractivity (Wildman–Crippen MR) is 118 cm³/mol. The van der Waals surface area contributed by atoms with Crippen molar-refractivity contribution >= 4 is 17.7 Å². The maximum absolute atomic E-state index is 13.5. The smallest absolute Gasteiger partial charge is 0.233 e. The minimum atomic E-state index is -0.290. The molecule has 1 saturated carbocycles. The van der Waals surface area contributed by atoms with Gasteiger partial charge >= 0.3 is 0 Å². The molecule has 2 heterocycles. The summed E-state index contributed by atoms with van der Waals surface area (Å²) in [7, 11) is 0. The molecule has 1 amide bonds. The van der Waals surface area contributed by atoms with Gasteiger partial charge in [0.25, 0.3) is 0 Å². The molecule has 6 nitrogen and oxygen atoms in total. The number of hydrogen-bond acceptors (Lipinski definition) is 5. The van der Waals surface area contributed by atoms with Gasteiger partial charge in [-0.1, -0.05) is 43.2 Å². The van der Waals surface area contributed by atoms with Gasteiger partial charge in [-0.25, -0.2) is 4.39 Å². The van der Waals surface area contributed by atoms with Crippen molar-refractivity contribution in [1.82, 2.24) is 19.7 Å². The van der Waals surface area contributed by atoms with Gasteiger partial charge in [0.05, 0.1) is 12.0 Å². The zero-order valence-electron chi connectivity index (χ0n) is 17.7. The summed E-state index contributed by atoms with van der Waals surface area (Å²) in [4.78, 5) is 14.6. The average Bonchev–Trinajstić information content (AvgIpc) is 3.46. The summed E-state index contributed by atoms with van der Waals surface area (Å²) in [6.45, 7) is 2.88. The summed E-state index contributed by atoms with van der Waals surface area (Å²) in [5.41, 5.74) is 0.783. The van der Waals surface area contributed by atoms with E-state index in [2.05, 4.69) is 14.8 Å². The van der Waals surface area contributed by atoms with E-state index in [1.165, 1.54) is 43.2 Å². The Morgan fingerprint density at radius 3 is 2.77 bits per heavy atom. The molecule has 0 bridgehead atoms. The molecule has 0 aliphatic heterocycles. The van der Waals surface area contributed by atoms with Crippen LogP contribution in [-0.2, 0) is 11.3 Å². The molecule has 4 rings (SSSR count). The highest BCUT2D eigenvalue weighted by molar-refractivity contribution is 7.99. The molecule has 2 aromatic heterocycles. The molecule has 31 heavy (non-hydrogen) atoms. The second-order valence-electron chi connectivity index (χ2n) is 7.77. The van der Waals surface area contributed by atoms with E-state index < -0.39 is 0 Å². The maximum atomic E-state index is 13.5. The highest BCUT2D eigenvalue weighted by Gasteiger charge is 2.26. The first kappa shape index (κ1) is 21.6. The molecule has 8 heteroatoms. The van der Waals surface area contributed by atoms with Gasteiger partial charge in [-0.2, -0.15) is 0 Å². The number of carbonyl (C=O) groups is 1. The van der Waals surface area contributed by atoms with Crippen molar-refractivity contribution in [2.75, 3.05) is 12.3 Å². The number of thioether (sulfide) groups is 1. The average molecular weight is 443 g/mol. The van der Waals surface area contributed by atoms with Gasteiger partial charge in [-0.15, -0.1) is 10.2 Å². The van der Waals surface area contributed by atoms with Crippen molar-refractivity contribution in [3.05, 3.63) is 54.0 Å². The lowest BCUT2D eigenvalue weighted by Crippen LogP contribution is -2.31. The van der Waals surface area contributed by atoms with E-state index in [9.17, 15) is 9.18 Å². The van der Waals surface area contributed by atoms with Crippen LogP contribution in [0, 0.1) is 5.82 Å². The van der Waals surface area contributed by atoms with Crippen LogP contribution in [0.2, 0.25) is 0 Å². The van der Waals surface area contributed by atoms with Crippen LogP contribution in [0.5, 0.6) is 0 Å². The fraction of sp³-hybridized carbons (Fsp3) is 0.435. The lowest BCUT2D eigenvalue weighted by Gasteiger charge is -2.25. The third kappa shape index (κ3) is 5.18. The minimum Gasteiger partial charge on any atom is -0.461 e. The predicted octanol–water partition coefficient (Wildman–Crippen LogP) is 5.32. The Labute approximate surface area is 185 Å². The van der Waals surface area contributed by atoms with Gasteiger partial charge in [0, 0.05) is 19.1 Å². The third-order valence-electron chi connectivity index (χ3n) is 5.67. The molecule has 1 fully saturated rings. The summed E-state index contributed by atoms with van der Waals surface area (Å²) >= 11 is 1.41. The Bertz CT molecular complexity index is 999. The van der Waals surface area contributed by atoms with Crippen LogP contribution in [0.15, 0.2) is 52.2 Å². The lowest BCUT2D eigenvalue weighted by atomic mass is 9.95. The number of hydrogen-bond donors (Lipinski definition) is 0. The first-order valence-corrected chi connectivity index (χ1v) is 11.8. The van der Waals surface area contributed by atoms with Crippen LogP contribution in [0.25, 0.3) is 11.6 Å². The molecule has 0 N–H and O–H groups in total. The Morgan fingerprint density at radius 1 is 1.23 bits per heavy atom. The SMILES string of the molecule is CCN(Cc1cccc(F)c1)C(=O)CSc1nnc(-c2ccco2)n1C1CCCCC1. The minimum absolute atomic E-state index is 0.00509. The molecule has 0 spiro atoms.